The maximum absolute atomic E-state index is 13.4. The number of carbonyl (C=O) groups is 1. The Morgan fingerprint density at radius 1 is 1.16 bits per heavy atom. The van der Waals surface area contributed by atoms with Crippen LogP contribution in [0.3, 0.4) is 0 Å². The largest absolute Gasteiger partial charge is 0.344 e. The highest BCUT2D eigenvalue weighted by molar-refractivity contribution is 7.99. The number of halogens is 1. The lowest BCUT2D eigenvalue weighted by molar-refractivity contribution is -0.119. The van der Waals surface area contributed by atoms with E-state index in [-0.39, 0.29) is 35.1 Å². The van der Waals surface area contributed by atoms with Crippen molar-refractivity contribution in [3.63, 3.8) is 0 Å². The number of aromatic nitrogens is 2. The summed E-state index contributed by atoms with van der Waals surface area (Å²) in [6, 6.07) is 17.1. The highest BCUT2D eigenvalue weighted by atomic mass is 32.2. The van der Waals surface area contributed by atoms with Crippen LogP contribution in [0.1, 0.15) is 35.4 Å². The van der Waals surface area contributed by atoms with Gasteiger partial charge in [-0.05, 0) is 54.1 Å². The number of thioether (sulfide) groups is 1. The Morgan fingerprint density at radius 2 is 1.94 bits per heavy atom. The first kappa shape index (κ1) is 20.9. The SMILES string of the molecule is O=C(CSc1nc2ccccc2c(=O)n1C1CC1)NC(c1ccc(F)cc1)c1cccs1. The summed E-state index contributed by atoms with van der Waals surface area (Å²) in [5.41, 5.74) is 1.40. The van der Waals surface area contributed by atoms with Crippen LogP contribution in [0.5, 0.6) is 0 Å². The van der Waals surface area contributed by atoms with Crippen LogP contribution in [-0.4, -0.2) is 21.2 Å². The molecule has 5 rings (SSSR count). The molecule has 1 fully saturated rings. The van der Waals surface area contributed by atoms with E-state index >= 15 is 0 Å². The van der Waals surface area contributed by atoms with Crippen molar-refractivity contribution < 1.29 is 9.18 Å². The van der Waals surface area contributed by atoms with Crippen LogP contribution in [0.25, 0.3) is 10.9 Å². The highest BCUT2D eigenvalue weighted by Crippen LogP contribution is 2.37. The molecule has 1 aliphatic rings. The molecule has 0 saturated heterocycles. The number of para-hydroxylation sites is 1. The highest BCUT2D eigenvalue weighted by Gasteiger charge is 2.29. The molecular weight excluding hydrogens is 445 g/mol. The van der Waals surface area contributed by atoms with E-state index in [1.807, 2.05) is 35.7 Å². The summed E-state index contributed by atoms with van der Waals surface area (Å²) in [6.45, 7) is 0. The van der Waals surface area contributed by atoms with Gasteiger partial charge in [0.1, 0.15) is 5.82 Å². The maximum Gasteiger partial charge on any atom is 0.262 e. The molecule has 1 atom stereocenters. The third kappa shape index (κ3) is 4.33. The Hall–Kier alpha value is -2.97. The molecule has 162 valence electrons. The number of hydrogen-bond donors (Lipinski definition) is 1. The standard InChI is InChI=1S/C24H20FN3O2S2/c25-16-9-7-15(8-10-16)22(20-6-3-13-31-20)27-21(29)14-32-24-26-19-5-2-1-4-18(19)23(30)28(24)17-11-12-17/h1-10,13,17,22H,11-12,14H2,(H,27,29). The van der Waals surface area contributed by atoms with E-state index in [1.54, 1.807) is 22.8 Å². The molecule has 2 heterocycles. The van der Waals surface area contributed by atoms with E-state index in [0.717, 1.165) is 23.3 Å². The van der Waals surface area contributed by atoms with Crippen LogP contribution in [0.15, 0.2) is 76.0 Å². The van der Waals surface area contributed by atoms with E-state index < -0.39 is 0 Å². The van der Waals surface area contributed by atoms with Crippen LogP contribution in [0.4, 0.5) is 4.39 Å². The number of thiophene rings is 1. The van der Waals surface area contributed by atoms with Crippen molar-refractivity contribution in [3.05, 3.63) is 92.7 Å². The first-order chi connectivity index (χ1) is 15.6. The van der Waals surface area contributed by atoms with Gasteiger partial charge in [0.15, 0.2) is 5.16 Å². The van der Waals surface area contributed by atoms with E-state index in [9.17, 15) is 14.0 Å². The molecule has 8 heteroatoms. The predicted octanol–water partition coefficient (Wildman–Crippen LogP) is 4.93. The van der Waals surface area contributed by atoms with Gasteiger partial charge in [0.2, 0.25) is 5.91 Å². The van der Waals surface area contributed by atoms with Gasteiger partial charge in [-0.1, -0.05) is 42.1 Å². The lowest BCUT2D eigenvalue weighted by Crippen LogP contribution is -2.30. The Kier molecular flexibility index (Phi) is 5.80. The third-order valence-corrected chi connectivity index (χ3v) is 7.25. The minimum Gasteiger partial charge on any atom is -0.344 e. The average Bonchev–Trinajstić information content (AvgIpc) is 3.49. The molecule has 1 aliphatic carbocycles. The zero-order chi connectivity index (χ0) is 22.1. The smallest absolute Gasteiger partial charge is 0.262 e. The molecule has 2 aromatic heterocycles. The molecule has 32 heavy (non-hydrogen) atoms. The topological polar surface area (TPSA) is 64.0 Å². The molecule has 0 aliphatic heterocycles. The number of hydrogen-bond acceptors (Lipinski definition) is 5. The van der Waals surface area contributed by atoms with Crippen LogP contribution >= 0.6 is 23.1 Å². The molecule has 1 amide bonds. The van der Waals surface area contributed by atoms with Crippen molar-refractivity contribution in [1.82, 2.24) is 14.9 Å². The van der Waals surface area contributed by atoms with Crippen molar-refractivity contribution in [1.29, 1.82) is 0 Å². The molecule has 1 N–H and O–H groups in total. The Labute approximate surface area is 192 Å². The minimum absolute atomic E-state index is 0.0521. The second kappa shape index (κ2) is 8.88. The summed E-state index contributed by atoms with van der Waals surface area (Å²) in [5.74, 6) is -0.371. The number of fused-ring (bicyclic) bond motifs is 1. The number of carbonyl (C=O) groups excluding carboxylic acids is 1. The van der Waals surface area contributed by atoms with Crippen molar-refractivity contribution in [3.8, 4) is 0 Å². The predicted molar refractivity (Wildman–Crippen MR) is 126 cm³/mol. The van der Waals surface area contributed by atoms with Gasteiger partial charge in [0, 0.05) is 10.9 Å². The minimum atomic E-state index is -0.362. The Bertz CT molecular complexity index is 1320. The Balaban J connectivity index is 1.37. The first-order valence-electron chi connectivity index (χ1n) is 10.3. The first-order valence-corrected chi connectivity index (χ1v) is 12.2. The fourth-order valence-corrected chi connectivity index (χ4v) is 5.32. The average molecular weight is 466 g/mol. The van der Waals surface area contributed by atoms with Crippen molar-refractivity contribution in [2.45, 2.75) is 30.1 Å². The van der Waals surface area contributed by atoms with E-state index in [0.29, 0.717) is 16.1 Å². The van der Waals surface area contributed by atoms with Gasteiger partial charge in [-0.15, -0.1) is 11.3 Å². The quantitative estimate of drug-likeness (QED) is 0.311. The van der Waals surface area contributed by atoms with E-state index in [4.69, 9.17) is 0 Å². The Morgan fingerprint density at radius 3 is 2.66 bits per heavy atom. The van der Waals surface area contributed by atoms with Crippen LogP contribution < -0.4 is 10.9 Å². The van der Waals surface area contributed by atoms with Crippen molar-refractivity contribution in [2.24, 2.45) is 0 Å². The van der Waals surface area contributed by atoms with Gasteiger partial charge >= 0.3 is 0 Å². The van der Waals surface area contributed by atoms with Gasteiger partial charge < -0.3 is 5.32 Å². The molecule has 0 radical (unpaired) electrons. The van der Waals surface area contributed by atoms with Crippen LogP contribution in [0, 0.1) is 5.82 Å². The van der Waals surface area contributed by atoms with E-state index in [1.165, 1.54) is 35.2 Å². The van der Waals surface area contributed by atoms with Gasteiger partial charge in [0.25, 0.3) is 5.56 Å². The summed E-state index contributed by atoms with van der Waals surface area (Å²) in [6.07, 6.45) is 1.90. The summed E-state index contributed by atoms with van der Waals surface area (Å²) in [7, 11) is 0. The number of benzene rings is 2. The van der Waals surface area contributed by atoms with E-state index in [2.05, 4.69) is 10.3 Å². The zero-order valence-corrected chi connectivity index (χ0v) is 18.7. The molecule has 2 aromatic carbocycles. The summed E-state index contributed by atoms with van der Waals surface area (Å²) in [4.78, 5) is 31.5. The van der Waals surface area contributed by atoms with Crippen LogP contribution in [-0.2, 0) is 4.79 Å². The summed E-state index contributed by atoms with van der Waals surface area (Å²) < 4.78 is 15.1. The summed E-state index contributed by atoms with van der Waals surface area (Å²) >= 11 is 2.80. The summed E-state index contributed by atoms with van der Waals surface area (Å²) in [5, 5.41) is 6.17. The second-order valence-corrected chi connectivity index (χ2v) is 9.60. The third-order valence-electron chi connectivity index (χ3n) is 5.36. The van der Waals surface area contributed by atoms with Gasteiger partial charge in [-0.2, -0.15) is 0 Å². The maximum atomic E-state index is 13.4. The fraction of sp³-hybridized carbons (Fsp3) is 0.208. The lowest BCUT2D eigenvalue weighted by Gasteiger charge is -2.18. The molecule has 1 unspecified atom stereocenters. The molecule has 1 saturated carbocycles. The second-order valence-electron chi connectivity index (χ2n) is 7.67. The number of rotatable bonds is 7. The molecule has 0 bridgehead atoms. The zero-order valence-electron chi connectivity index (χ0n) is 17.0. The van der Waals surface area contributed by atoms with Gasteiger partial charge in [-0.3, -0.25) is 14.2 Å². The number of amides is 1. The number of nitrogens with one attached hydrogen (secondary N) is 1. The fourth-order valence-electron chi connectivity index (χ4n) is 3.64. The van der Waals surface area contributed by atoms with Crippen LogP contribution in [0.2, 0.25) is 0 Å². The molecule has 5 nitrogen and oxygen atoms in total. The monoisotopic (exact) mass is 465 g/mol. The van der Waals surface area contributed by atoms with Crippen molar-refractivity contribution in [2.75, 3.05) is 5.75 Å². The van der Waals surface area contributed by atoms with Crippen molar-refractivity contribution >= 4 is 39.9 Å². The van der Waals surface area contributed by atoms with Gasteiger partial charge in [0.05, 0.1) is 22.7 Å². The number of nitrogens with zero attached hydrogens (tertiary/aromatic N) is 2. The molecular formula is C24H20FN3O2S2. The lowest BCUT2D eigenvalue weighted by atomic mass is 10.1. The van der Waals surface area contributed by atoms with Gasteiger partial charge in [-0.25, -0.2) is 9.37 Å². The molecule has 0 spiro atoms. The normalized spacial score (nSPS) is 14.4. The molecule has 4 aromatic rings.